The quantitative estimate of drug-likeness (QED) is 0.717. The monoisotopic (exact) mass is 204 g/mol. The van der Waals surface area contributed by atoms with Crippen LogP contribution in [0, 0.1) is 0 Å². The van der Waals surface area contributed by atoms with E-state index in [4.69, 9.17) is 11.6 Å². The van der Waals surface area contributed by atoms with E-state index in [-0.39, 0.29) is 11.2 Å². The molecule has 3 heteroatoms. The lowest BCUT2D eigenvalue weighted by molar-refractivity contribution is -0.140. The number of halogens is 1. The largest absolute Gasteiger partial charge is 0.381 e. The third-order valence-corrected chi connectivity index (χ3v) is 3.32. The summed E-state index contributed by atoms with van der Waals surface area (Å²) >= 11 is 5.98. The van der Waals surface area contributed by atoms with Crippen molar-refractivity contribution < 1.29 is 9.90 Å². The topological polar surface area (TPSA) is 37.3 Å². The summed E-state index contributed by atoms with van der Waals surface area (Å²) in [5, 5.41) is 9.68. The van der Waals surface area contributed by atoms with E-state index in [2.05, 4.69) is 0 Å². The lowest BCUT2D eigenvalue weighted by Gasteiger charge is -2.35. The molecule has 0 aromatic carbocycles. The Kier molecular flexibility index (Phi) is 3.74. The maximum Gasteiger partial charge on any atom is 0.165 e. The van der Waals surface area contributed by atoms with E-state index < -0.39 is 5.60 Å². The van der Waals surface area contributed by atoms with Crippen LogP contribution in [-0.2, 0) is 4.79 Å². The zero-order valence-corrected chi connectivity index (χ0v) is 8.81. The molecule has 0 radical (unpaired) electrons. The molecule has 1 saturated carbocycles. The normalized spacial score (nSPS) is 34.5. The Bertz CT molecular complexity index is 193. The fraction of sp³-hybridized carbons (Fsp3) is 0.900. The van der Waals surface area contributed by atoms with Gasteiger partial charge in [-0.05, 0) is 19.3 Å². The van der Waals surface area contributed by atoms with E-state index in [9.17, 15) is 9.90 Å². The average Bonchev–Trinajstić information content (AvgIpc) is 2.11. The van der Waals surface area contributed by atoms with E-state index in [1.165, 1.54) is 0 Å². The molecule has 2 unspecified atom stereocenters. The van der Waals surface area contributed by atoms with Crippen LogP contribution < -0.4 is 0 Å². The van der Waals surface area contributed by atoms with Crippen molar-refractivity contribution in [3.8, 4) is 0 Å². The van der Waals surface area contributed by atoms with Crippen molar-refractivity contribution in [2.45, 2.75) is 56.4 Å². The molecule has 0 bridgehead atoms. The minimum absolute atomic E-state index is 0.0744. The molecule has 0 aromatic heterocycles. The first kappa shape index (κ1) is 11.0. The highest BCUT2D eigenvalue weighted by molar-refractivity contribution is 6.23. The number of Topliss-reactive ketones (excluding diaryl/α,β-unsaturated/α-hetero) is 1. The third kappa shape index (κ3) is 2.23. The van der Waals surface area contributed by atoms with Crippen molar-refractivity contribution in [3.05, 3.63) is 0 Å². The number of hydrogen-bond acceptors (Lipinski definition) is 2. The van der Waals surface area contributed by atoms with Gasteiger partial charge in [0.05, 0.1) is 5.38 Å². The second-order valence-corrected chi connectivity index (χ2v) is 4.34. The number of ketones is 1. The standard InChI is InChI=1S/C10H17ClO2/c1-2-5-9(12)10(13)7-4-3-6-8(10)11/h8,13H,2-7H2,1H3. The summed E-state index contributed by atoms with van der Waals surface area (Å²) in [4.78, 5) is 11.6. The van der Waals surface area contributed by atoms with Crippen LogP contribution in [0.4, 0.5) is 0 Å². The summed E-state index contributed by atoms with van der Waals surface area (Å²) in [6, 6.07) is 0. The molecule has 1 rings (SSSR count). The molecule has 13 heavy (non-hydrogen) atoms. The van der Waals surface area contributed by atoms with Gasteiger partial charge in [-0.1, -0.05) is 19.8 Å². The molecule has 2 atom stereocenters. The second-order valence-electron chi connectivity index (χ2n) is 3.81. The van der Waals surface area contributed by atoms with Crippen molar-refractivity contribution in [1.29, 1.82) is 0 Å². The highest BCUT2D eigenvalue weighted by atomic mass is 35.5. The number of aliphatic hydroxyl groups is 1. The lowest BCUT2D eigenvalue weighted by atomic mass is 9.80. The van der Waals surface area contributed by atoms with Gasteiger partial charge in [0, 0.05) is 6.42 Å². The van der Waals surface area contributed by atoms with E-state index in [0.29, 0.717) is 12.8 Å². The predicted molar refractivity (Wildman–Crippen MR) is 53.0 cm³/mol. The Labute approximate surface area is 84.3 Å². The summed E-state index contributed by atoms with van der Waals surface area (Å²) in [6.45, 7) is 1.94. The summed E-state index contributed by atoms with van der Waals surface area (Å²) in [7, 11) is 0. The number of rotatable bonds is 3. The van der Waals surface area contributed by atoms with Crippen LogP contribution in [0.2, 0.25) is 0 Å². The molecule has 1 aliphatic rings. The lowest BCUT2D eigenvalue weighted by Crippen LogP contribution is -2.48. The molecule has 0 saturated heterocycles. The molecule has 0 aliphatic heterocycles. The van der Waals surface area contributed by atoms with Gasteiger partial charge in [-0.15, -0.1) is 11.6 Å². The van der Waals surface area contributed by atoms with Crippen LogP contribution in [0.5, 0.6) is 0 Å². The van der Waals surface area contributed by atoms with Gasteiger partial charge in [0.15, 0.2) is 5.78 Å². The maximum absolute atomic E-state index is 11.6. The summed E-state index contributed by atoms with van der Waals surface area (Å²) in [5.74, 6) is -0.0744. The average molecular weight is 205 g/mol. The zero-order valence-electron chi connectivity index (χ0n) is 8.05. The minimum Gasteiger partial charge on any atom is -0.381 e. The van der Waals surface area contributed by atoms with Crippen molar-refractivity contribution in [2.75, 3.05) is 0 Å². The van der Waals surface area contributed by atoms with Crippen LogP contribution in [0.1, 0.15) is 45.4 Å². The van der Waals surface area contributed by atoms with E-state index >= 15 is 0 Å². The van der Waals surface area contributed by atoms with Crippen LogP contribution in [0.15, 0.2) is 0 Å². The molecule has 1 fully saturated rings. The molecule has 1 N–H and O–H groups in total. The highest BCUT2D eigenvalue weighted by Gasteiger charge is 2.43. The van der Waals surface area contributed by atoms with Crippen LogP contribution in [-0.4, -0.2) is 21.9 Å². The first-order chi connectivity index (χ1) is 6.11. The molecule has 2 nitrogen and oxygen atoms in total. The second kappa shape index (κ2) is 4.43. The SMILES string of the molecule is CCCC(=O)C1(O)CCCCC1Cl. The molecule has 0 aromatic rings. The van der Waals surface area contributed by atoms with Gasteiger partial charge in [0.25, 0.3) is 0 Å². The number of hydrogen-bond donors (Lipinski definition) is 1. The Hall–Kier alpha value is -0.0800. The highest BCUT2D eigenvalue weighted by Crippen LogP contribution is 2.34. The molecule has 0 heterocycles. The molecular formula is C10H17ClO2. The molecule has 0 amide bonds. The Morgan fingerprint density at radius 2 is 2.31 bits per heavy atom. The fourth-order valence-electron chi connectivity index (χ4n) is 1.87. The molecule has 76 valence electrons. The van der Waals surface area contributed by atoms with Crippen molar-refractivity contribution in [1.82, 2.24) is 0 Å². The number of carbonyl (C=O) groups is 1. The predicted octanol–water partition coefficient (Wildman–Crippen LogP) is 2.27. The van der Waals surface area contributed by atoms with Gasteiger partial charge in [-0.25, -0.2) is 0 Å². The van der Waals surface area contributed by atoms with Crippen LogP contribution >= 0.6 is 11.6 Å². The maximum atomic E-state index is 11.6. The molecular weight excluding hydrogens is 188 g/mol. The summed E-state index contributed by atoms with van der Waals surface area (Å²) < 4.78 is 0. The summed E-state index contributed by atoms with van der Waals surface area (Å²) in [5.41, 5.74) is -1.23. The zero-order chi connectivity index (χ0) is 9.90. The van der Waals surface area contributed by atoms with Crippen LogP contribution in [0.25, 0.3) is 0 Å². The number of carbonyl (C=O) groups excluding carboxylic acids is 1. The fourth-order valence-corrected chi connectivity index (χ4v) is 2.26. The molecule has 1 aliphatic carbocycles. The Morgan fingerprint density at radius 3 is 2.85 bits per heavy atom. The van der Waals surface area contributed by atoms with E-state index in [1.54, 1.807) is 0 Å². The van der Waals surface area contributed by atoms with Crippen molar-refractivity contribution >= 4 is 17.4 Å². The van der Waals surface area contributed by atoms with Gasteiger partial charge in [-0.3, -0.25) is 4.79 Å². The van der Waals surface area contributed by atoms with Gasteiger partial charge in [0.2, 0.25) is 0 Å². The van der Waals surface area contributed by atoms with Crippen molar-refractivity contribution in [3.63, 3.8) is 0 Å². The number of alkyl halides is 1. The smallest absolute Gasteiger partial charge is 0.165 e. The van der Waals surface area contributed by atoms with Gasteiger partial charge in [-0.2, -0.15) is 0 Å². The third-order valence-electron chi connectivity index (χ3n) is 2.74. The Morgan fingerprint density at radius 1 is 1.62 bits per heavy atom. The van der Waals surface area contributed by atoms with Gasteiger partial charge < -0.3 is 5.11 Å². The summed E-state index contributed by atoms with van der Waals surface area (Å²) in [6.07, 6.45) is 4.46. The molecule has 0 spiro atoms. The minimum atomic E-state index is -1.23. The first-order valence-electron chi connectivity index (χ1n) is 5.01. The van der Waals surface area contributed by atoms with E-state index in [1.807, 2.05) is 6.92 Å². The van der Waals surface area contributed by atoms with Crippen molar-refractivity contribution in [2.24, 2.45) is 0 Å². The van der Waals surface area contributed by atoms with Gasteiger partial charge in [0.1, 0.15) is 5.60 Å². The van der Waals surface area contributed by atoms with Crippen LogP contribution in [0.3, 0.4) is 0 Å². The first-order valence-corrected chi connectivity index (χ1v) is 5.44. The van der Waals surface area contributed by atoms with E-state index in [0.717, 1.165) is 25.7 Å². The Balaban J connectivity index is 2.65. The van der Waals surface area contributed by atoms with Gasteiger partial charge >= 0.3 is 0 Å².